The molecule has 0 radical (unpaired) electrons. The highest BCUT2D eigenvalue weighted by Crippen LogP contribution is 2.24. The maximum atomic E-state index is 11.3. The van der Waals surface area contributed by atoms with Gasteiger partial charge in [0.05, 0.1) is 6.04 Å². The molecule has 3 heteroatoms. The summed E-state index contributed by atoms with van der Waals surface area (Å²) in [5, 5.41) is 3.00. The van der Waals surface area contributed by atoms with E-state index in [9.17, 15) is 4.79 Å². The largest absolute Gasteiger partial charge is 0.354 e. The maximum Gasteiger partial charge on any atom is 0.216 e. The van der Waals surface area contributed by atoms with Crippen LogP contribution in [0.2, 0.25) is 0 Å². The van der Waals surface area contributed by atoms with Crippen LogP contribution >= 0.6 is 0 Å². The number of hydrogen-bond acceptors (Lipinski definition) is 2. The summed E-state index contributed by atoms with van der Waals surface area (Å²) in [6.45, 7) is 6.68. The van der Waals surface area contributed by atoms with Crippen molar-refractivity contribution in [3.8, 4) is 0 Å². The topological polar surface area (TPSA) is 32.3 Å². The Hall–Kier alpha value is -1.35. The molecule has 1 aromatic rings. The van der Waals surface area contributed by atoms with Gasteiger partial charge in [-0.1, -0.05) is 42.7 Å². The molecule has 1 aliphatic heterocycles. The van der Waals surface area contributed by atoms with Gasteiger partial charge in [-0.25, -0.2) is 0 Å². The predicted molar refractivity (Wildman–Crippen MR) is 82.6 cm³/mol. The molecule has 1 fully saturated rings. The highest BCUT2D eigenvalue weighted by atomic mass is 16.1. The quantitative estimate of drug-likeness (QED) is 0.915. The van der Waals surface area contributed by atoms with Crippen molar-refractivity contribution in [3.63, 3.8) is 0 Å². The second-order valence-corrected chi connectivity index (χ2v) is 5.81. The molecule has 0 spiro atoms. The molecule has 20 heavy (non-hydrogen) atoms. The Morgan fingerprint density at radius 2 is 1.75 bits per heavy atom. The van der Waals surface area contributed by atoms with E-state index in [1.165, 1.54) is 36.8 Å². The number of nitrogens with one attached hydrogen (secondary N) is 1. The molecule has 1 N–H and O–H groups in total. The van der Waals surface area contributed by atoms with Crippen LogP contribution in [0.1, 0.15) is 49.8 Å². The van der Waals surface area contributed by atoms with Gasteiger partial charge < -0.3 is 5.32 Å². The normalized spacial score (nSPS) is 18.3. The van der Waals surface area contributed by atoms with Crippen molar-refractivity contribution in [3.05, 3.63) is 35.4 Å². The van der Waals surface area contributed by atoms with Crippen molar-refractivity contribution >= 4 is 5.91 Å². The van der Waals surface area contributed by atoms with Crippen LogP contribution in [-0.2, 0) is 4.79 Å². The molecule has 1 amide bonds. The first kappa shape index (κ1) is 15.0. The number of aryl methyl sites for hydroxylation is 1. The summed E-state index contributed by atoms with van der Waals surface area (Å²) >= 11 is 0. The van der Waals surface area contributed by atoms with E-state index < -0.39 is 0 Å². The molecule has 3 nitrogen and oxygen atoms in total. The van der Waals surface area contributed by atoms with Crippen molar-refractivity contribution in [2.75, 3.05) is 19.6 Å². The summed E-state index contributed by atoms with van der Waals surface area (Å²) in [5.41, 5.74) is 2.59. The van der Waals surface area contributed by atoms with Gasteiger partial charge in [-0.15, -0.1) is 0 Å². The Balaban J connectivity index is 2.13. The molecule has 110 valence electrons. The molecule has 1 aromatic carbocycles. The average Bonchev–Trinajstić information content (AvgIpc) is 2.70. The van der Waals surface area contributed by atoms with Gasteiger partial charge in [0.25, 0.3) is 0 Å². The summed E-state index contributed by atoms with van der Waals surface area (Å²) in [6, 6.07) is 9.03. The van der Waals surface area contributed by atoms with Gasteiger partial charge in [0.15, 0.2) is 0 Å². The number of carbonyl (C=O) groups is 1. The van der Waals surface area contributed by atoms with Crippen LogP contribution < -0.4 is 5.32 Å². The lowest BCUT2D eigenvalue weighted by Crippen LogP contribution is -2.38. The van der Waals surface area contributed by atoms with E-state index in [0.29, 0.717) is 12.6 Å². The molecule has 2 rings (SSSR count). The third-order valence-electron chi connectivity index (χ3n) is 4.09. The minimum absolute atomic E-state index is 0.0527. The highest BCUT2D eigenvalue weighted by molar-refractivity contribution is 5.72. The number of benzene rings is 1. The minimum atomic E-state index is 0.0527. The van der Waals surface area contributed by atoms with Crippen LogP contribution in [-0.4, -0.2) is 30.4 Å². The lowest BCUT2D eigenvalue weighted by Gasteiger charge is -2.31. The SMILES string of the molecule is CC(=O)NCC(c1ccc(C)cc1)N1CCCCCC1. The fourth-order valence-electron chi connectivity index (χ4n) is 2.89. The number of amides is 1. The van der Waals surface area contributed by atoms with Crippen molar-refractivity contribution < 1.29 is 4.79 Å². The second kappa shape index (κ2) is 7.44. The molecular formula is C17H26N2O. The number of likely N-dealkylation sites (tertiary alicyclic amines) is 1. The van der Waals surface area contributed by atoms with Crippen molar-refractivity contribution in [2.24, 2.45) is 0 Å². The molecule has 1 unspecified atom stereocenters. The predicted octanol–water partition coefficient (Wildman–Crippen LogP) is 3.05. The number of hydrogen-bond donors (Lipinski definition) is 1. The fourth-order valence-corrected chi connectivity index (χ4v) is 2.89. The van der Waals surface area contributed by atoms with E-state index in [1.54, 1.807) is 6.92 Å². The Labute approximate surface area is 122 Å². The summed E-state index contributed by atoms with van der Waals surface area (Å²) in [6.07, 6.45) is 5.19. The zero-order valence-corrected chi connectivity index (χ0v) is 12.7. The molecule has 1 saturated heterocycles. The van der Waals surface area contributed by atoms with Crippen LogP contribution in [0.3, 0.4) is 0 Å². The Morgan fingerprint density at radius 1 is 1.15 bits per heavy atom. The molecular weight excluding hydrogens is 248 g/mol. The van der Waals surface area contributed by atoms with Gasteiger partial charge in [-0.3, -0.25) is 9.69 Å². The first-order valence-electron chi connectivity index (χ1n) is 7.72. The van der Waals surface area contributed by atoms with Crippen LogP contribution in [0.25, 0.3) is 0 Å². The Kier molecular flexibility index (Phi) is 5.60. The zero-order valence-electron chi connectivity index (χ0n) is 12.7. The van der Waals surface area contributed by atoms with E-state index in [1.807, 2.05) is 0 Å². The minimum Gasteiger partial charge on any atom is -0.354 e. The van der Waals surface area contributed by atoms with E-state index in [2.05, 4.69) is 41.4 Å². The van der Waals surface area contributed by atoms with Crippen molar-refractivity contribution in [1.29, 1.82) is 0 Å². The third-order valence-corrected chi connectivity index (χ3v) is 4.09. The van der Waals surface area contributed by atoms with Crippen molar-refractivity contribution in [2.45, 2.75) is 45.6 Å². The monoisotopic (exact) mass is 274 g/mol. The van der Waals surface area contributed by atoms with E-state index >= 15 is 0 Å². The smallest absolute Gasteiger partial charge is 0.216 e. The van der Waals surface area contributed by atoms with E-state index in [4.69, 9.17) is 0 Å². The summed E-state index contributed by atoms with van der Waals surface area (Å²) in [7, 11) is 0. The van der Waals surface area contributed by atoms with Gasteiger partial charge in [0.2, 0.25) is 5.91 Å². The fraction of sp³-hybridized carbons (Fsp3) is 0.588. The summed E-state index contributed by atoms with van der Waals surface area (Å²) in [4.78, 5) is 13.8. The Bertz CT molecular complexity index is 419. The molecule has 1 heterocycles. The standard InChI is InChI=1S/C17H26N2O/c1-14-7-9-16(10-8-14)17(13-18-15(2)20)19-11-5-3-4-6-12-19/h7-10,17H,3-6,11-13H2,1-2H3,(H,18,20). The Morgan fingerprint density at radius 3 is 2.30 bits per heavy atom. The molecule has 1 atom stereocenters. The summed E-state index contributed by atoms with van der Waals surface area (Å²) in [5.74, 6) is 0.0527. The van der Waals surface area contributed by atoms with Crippen molar-refractivity contribution in [1.82, 2.24) is 10.2 Å². The highest BCUT2D eigenvalue weighted by Gasteiger charge is 2.21. The first-order chi connectivity index (χ1) is 9.66. The number of rotatable bonds is 4. The van der Waals surface area contributed by atoms with E-state index in [-0.39, 0.29) is 5.91 Å². The second-order valence-electron chi connectivity index (χ2n) is 5.81. The molecule has 0 aromatic heterocycles. The van der Waals surface area contributed by atoms with Gasteiger partial charge in [-0.05, 0) is 38.4 Å². The molecule has 1 aliphatic rings. The number of nitrogens with zero attached hydrogens (tertiary/aromatic N) is 1. The lowest BCUT2D eigenvalue weighted by molar-refractivity contribution is -0.119. The number of carbonyl (C=O) groups excluding carboxylic acids is 1. The van der Waals surface area contributed by atoms with Crippen LogP contribution in [0, 0.1) is 6.92 Å². The van der Waals surface area contributed by atoms with Crippen LogP contribution in [0.5, 0.6) is 0 Å². The molecule has 0 saturated carbocycles. The van der Waals surface area contributed by atoms with Crippen LogP contribution in [0.15, 0.2) is 24.3 Å². The molecule has 0 bridgehead atoms. The van der Waals surface area contributed by atoms with E-state index in [0.717, 1.165) is 13.1 Å². The lowest BCUT2D eigenvalue weighted by atomic mass is 10.0. The van der Waals surface area contributed by atoms with Gasteiger partial charge >= 0.3 is 0 Å². The molecule has 0 aliphatic carbocycles. The van der Waals surface area contributed by atoms with Gasteiger partial charge in [0.1, 0.15) is 0 Å². The van der Waals surface area contributed by atoms with Gasteiger partial charge in [-0.2, -0.15) is 0 Å². The first-order valence-corrected chi connectivity index (χ1v) is 7.72. The zero-order chi connectivity index (χ0) is 14.4. The third kappa shape index (κ3) is 4.34. The maximum absolute atomic E-state index is 11.3. The average molecular weight is 274 g/mol. The van der Waals surface area contributed by atoms with Gasteiger partial charge in [0, 0.05) is 13.5 Å². The summed E-state index contributed by atoms with van der Waals surface area (Å²) < 4.78 is 0. The van der Waals surface area contributed by atoms with Crippen LogP contribution in [0.4, 0.5) is 0 Å².